The molecule has 0 aliphatic carbocycles. The van der Waals surface area contributed by atoms with Crippen molar-refractivity contribution >= 4 is 51.6 Å². The molecule has 0 saturated heterocycles. The van der Waals surface area contributed by atoms with E-state index in [1.807, 2.05) is 18.2 Å². The van der Waals surface area contributed by atoms with Gasteiger partial charge in [-0.25, -0.2) is 0 Å². The molecule has 0 saturated carbocycles. The summed E-state index contributed by atoms with van der Waals surface area (Å²) in [5, 5.41) is 11.0. The van der Waals surface area contributed by atoms with Gasteiger partial charge in [0, 0.05) is 18.1 Å². The van der Waals surface area contributed by atoms with Crippen LogP contribution in [-0.4, -0.2) is 40.5 Å². The van der Waals surface area contributed by atoms with Gasteiger partial charge in [-0.1, -0.05) is 41.4 Å². The molecule has 1 aromatic heterocycles. The summed E-state index contributed by atoms with van der Waals surface area (Å²) in [4.78, 5) is 26.0. The molecule has 0 unspecified atom stereocenters. The fourth-order valence-electron chi connectivity index (χ4n) is 2.37. The van der Waals surface area contributed by atoms with E-state index in [2.05, 4.69) is 15.5 Å². The molecule has 0 spiro atoms. The zero-order chi connectivity index (χ0) is 18.0. The van der Waals surface area contributed by atoms with Gasteiger partial charge in [0.1, 0.15) is 0 Å². The lowest BCUT2D eigenvalue weighted by molar-refractivity contribution is -0.116. The van der Waals surface area contributed by atoms with Gasteiger partial charge in [-0.3, -0.25) is 14.7 Å². The van der Waals surface area contributed by atoms with E-state index in [0.29, 0.717) is 21.1 Å². The van der Waals surface area contributed by atoms with E-state index in [0.717, 1.165) is 5.52 Å². The van der Waals surface area contributed by atoms with Gasteiger partial charge in [0.05, 0.1) is 22.1 Å². The average Bonchev–Trinajstić information content (AvgIpc) is 3.01. The van der Waals surface area contributed by atoms with E-state index in [9.17, 15) is 9.59 Å². The number of para-hydroxylation sites is 1. The minimum atomic E-state index is -0.353. The highest BCUT2D eigenvalue weighted by molar-refractivity contribution is 6.42. The number of hydrogen-bond donors (Lipinski definition) is 2. The molecular weight excluding hydrogens is 363 g/mol. The maximum absolute atomic E-state index is 12.5. The van der Waals surface area contributed by atoms with E-state index in [1.54, 1.807) is 31.3 Å². The van der Waals surface area contributed by atoms with Gasteiger partial charge in [0.2, 0.25) is 5.91 Å². The summed E-state index contributed by atoms with van der Waals surface area (Å²) in [7, 11) is 1.54. The van der Waals surface area contributed by atoms with Crippen molar-refractivity contribution in [2.75, 3.05) is 18.9 Å². The number of nitrogens with one attached hydrogen (secondary N) is 2. The summed E-state index contributed by atoms with van der Waals surface area (Å²) in [6.07, 6.45) is 0. The highest BCUT2D eigenvalue weighted by atomic mass is 35.5. The van der Waals surface area contributed by atoms with Crippen LogP contribution in [0.15, 0.2) is 42.5 Å². The van der Waals surface area contributed by atoms with Crippen LogP contribution in [0.25, 0.3) is 10.9 Å². The van der Waals surface area contributed by atoms with Crippen molar-refractivity contribution < 1.29 is 9.59 Å². The number of anilines is 1. The lowest BCUT2D eigenvalue weighted by atomic mass is 10.2. The van der Waals surface area contributed by atoms with Crippen molar-refractivity contribution in [3.05, 3.63) is 58.2 Å². The van der Waals surface area contributed by atoms with E-state index in [1.165, 1.54) is 4.90 Å². The average molecular weight is 377 g/mol. The van der Waals surface area contributed by atoms with Crippen molar-refractivity contribution in [2.45, 2.75) is 0 Å². The number of nitrogens with zero attached hydrogens (tertiary/aromatic N) is 2. The van der Waals surface area contributed by atoms with Crippen LogP contribution in [0.4, 0.5) is 5.69 Å². The molecule has 0 bridgehead atoms. The number of halogens is 2. The Balaban J connectivity index is 1.68. The molecule has 1 heterocycles. The Morgan fingerprint density at radius 1 is 1.16 bits per heavy atom. The normalized spacial score (nSPS) is 10.7. The van der Waals surface area contributed by atoms with Gasteiger partial charge >= 0.3 is 0 Å². The highest BCUT2D eigenvalue weighted by Gasteiger charge is 2.20. The standard InChI is InChI=1S/C17H14Cl2N4O2/c1-23(9-15(24)20-10-6-7-12(18)13(19)8-10)17(25)16-11-4-2-3-5-14(11)21-22-16/h2-8H,9H2,1H3,(H,20,24)(H,21,22). The van der Waals surface area contributed by atoms with Crippen LogP contribution in [-0.2, 0) is 4.79 Å². The number of aromatic amines is 1. The molecule has 0 fully saturated rings. The van der Waals surface area contributed by atoms with Crippen LogP contribution in [0, 0.1) is 0 Å². The fourth-order valence-corrected chi connectivity index (χ4v) is 2.67. The number of amides is 2. The molecule has 8 heteroatoms. The summed E-state index contributed by atoms with van der Waals surface area (Å²) >= 11 is 11.8. The smallest absolute Gasteiger partial charge is 0.275 e. The zero-order valence-corrected chi connectivity index (χ0v) is 14.7. The van der Waals surface area contributed by atoms with Gasteiger partial charge in [-0.15, -0.1) is 0 Å². The van der Waals surface area contributed by atoms with Gasteiger partial charge in [0.15, 0.2) is 5.69 Å². The summed E-state index contributed by atoms with van der Waals surface area (Å²) in [6.45, 7) is -0.125. The Morgan fingerprint density at radius 3 is 2.68 bits per heavy atom. The second-order valence-corrected chi connectivity index (χ2v) is 6.27. The topological polar surface area (TPSA) is 78.1 Å². The zero-order valence-electron chi connectivity index (χ0n) is 13.2. The summed E-state index contributed by atoms with van der Waals surface area (Å²) in [5.41, 5.74) is 1.55. The molecule has 0 atom stereocenters. The van der Waals surface area contributed by atoms with Crippen molar-refractivity contribution in [2.24, 2.45) is 0 Å². The molecule has 0 aliphatic rings. The van der Waals surface area contributed by atoms with Crippen LogP contribution >= 0.6 is 23.2 Å². The Bertz CT molecular complexity index is 955. The predicted molar refractivity (Wildman–Crippen MR) is 98.1 cm³/mol. The molecule has 25 heavy (non-hydrogen) atoms. The van der Waals surface area contributed by atoms with E-state index in [4.69, 9.17) is 23.2 Å². The molecule has 6 nitrogen and oxygen atoms in total. The Hall–Kier alpha value is -2.57. The number of carbonyl (C=O) groups excluding carboxylic acids is 2. The number of fused-ring (bicyclic) bond motifs is 1. The van der Waals surface area contributed by atoms with Gasteiger partial charge in [-0.2, -0.15) is 5.10 Å². The molecular formula is C17H14Cl2N4O2. The summed E-state index contributed by atoms with van der Waals surface area (Å²) in [6, 6.07) is 12.1. The molecule has 0 aliphatic heterocycles. The largest absolute Gasteiger partial charge is 0.331 e. The lowest BCUT2D eigenvalue weighted by Gasteiger charge is -2.16. The van der Waals surface area contributed by atoms with Crippen LogP contribution in [0.5, 0.6) is 0 Å². The number of benzene rings is 2. The molecule has 2 N–H and O–H groups in total. The van der Waals surface area contributed by atoms with Crippen molar-refractivity contribution in [3.63, 3.8) is 0 Å². The van der Waals surface area contributed by atoms with Gasteiger partial charge in [-0.05, 0) is 24.3 Å². The monoisotopic (exact) mass is 376 g/mol. The molecule has 128 valence electrons. The second-order valence-electron chi connectivity index (χ2n) is 5.46. The number of H-pyrrole nitrogens is 1. The molecule has 3 rings (SSSR count). The first-order valence-corrected chi connectivity index (χ1v) is 8.15. The maximum Gasteiger partial charge on any atom is 0.275 e. The number of rotatable bonds is 4. The minimum Gasteiger partial charge on any atom is -0.331 e. The lowest BCUT2D eigenvalue weighted by Crippen LogP contribution is -2.35. The molecule has 2 amide bonds. The number of likely N-dealkylation sites (N-methyl/N-ethyl adjacent to an activating group) is 1. The first-order chi connectivity index (χ1) is 12.0. The fraction of sp³-hybridized carbons (Fsp3) is 0.118. The Morgan fingerprint density at radius 2 is 1.92 bits per heavy atom. The third-order valence-electron chi connectivity index (χ3n) is 3.60. The Labute approximate surface area is 153 Å². The van der Waals surface area contributed by atoms with Gasteiger partial charge < -0.3 is 10.2 Å². The number of carbonyl (C=O) groups is 2. The van der Waals surface area contributed by atoms with E-state index in [-0.39, 0.29) is 24.1 Å². The van der Waals surface area contributed by atoms with Gasteiger partial charge in [0.25, 0.3) is 5.91 Å². The number of hydrogen-bond acceptors (Lipinski definition) is 3. The minimum absolute atomic E-state index is 0.125. The second kappa shape index (κ2) is 7.13. The summed E-state index contributed by atoms with van der Waals surface area (Å²) < 4.78 is 0. The third-order valence-corrected chi connectivity index (χ3v) is 4.34. The van der Waals surface area contributed by atoms with Crippen molar-refractivity contribution in [3.8, 4) is 0 Å². The maximum atomic E-state index is 12.5. The van der Waals surface area contributed by atoms with Crippen LogP contribution in [0.3, 0.4) is 0 Å². The van der Waals surface area contributed by atoms with Crippen LogP contribution < -0.4 is 5.32 Å². The van der Waals surface area contributed by atoms with Crippen LogP contribution in [0.2, 0.25) is 10.0 Å². The number of aromatic nitrogens is 2. The van der Waals surface area contributed by atoms with Crippen molar-refractivity contribution in [1.29, 1.82) is 0 Å². The third kappa shape index (κ3) is 3.75. The first-order valence-electron chi connectivity index (χ1n) is 7.39. The highest BCUT2D eigenvalue weighted by Crippen LogP contribution is 2.25. The predicted octanol–water partition coefficient (Wildman–Crippen LogP) is 3.58. The quantitative estimate of drug-likeness (QED) is 0.730. The molecule has 3 aromatic rings. The molecule has 0 radical (unpaired) electrons. The van der Waals surface area contributed by atoms with E-state index >= 15 is 0 Å². The van der Waals surface area contributed by atoms with Crippen LogP contribution in [0.1, 0.15) is 10.5 Å². The Kier molecular flexibility index (Phi) is 4.92. The summed E-state index contributed by atoms with van der Waals surface area (Å²) in [5.74, 6) is -0.698. The SMILES string of the molecule is CN(CC(=O)Nc1ccc(Cl)c(Cl)c1)C(=O)c1n[nH]c2ccccc12. The van der Waals surface area contributed by atoms with Crippen molar-refractivity contribution in [1.82, 2.24) is 15.1 Å². The van der Waals surface area contributed by atoms with E-state index < -0.39 is 0 Å². The first kappa shape index (κ1) is 17.3. The molecule has 2 aromatic carbocycles.